The Kier molecular flexibility index (Phi) is 1.30. The Morgan fingerprint density at radius 1 is 1.42 bits per heavy atom. The Labute approximate surface area is 70.0 Å². The van der Waals surface area contributed by atoms with Crippen LogP contribution in [0.4, 0.5) is 5.69 Å². The molecule has 0 spiro atoms. The lowest BCUT2D eigenvalue weighted by atomic mass is 10.3. The van der Waals surface area contributed by atoms with Gasteiger partial charge in [-0.15, -0.1) is 0 Å². The highest BCUT2D eigenvalue weighted by Crippen LogP contribution is 2.21. The number of rotatable bonds is 0. The predicted molar refractivity (Wildman–Crippen MR) is 47.7 cm³/mol. The molecule has 4 heteroatoms. The summed E-state index contributed by atoms with van der Waals surface area (Å²) in [6.07, 6.45) is 3.41. The van der Waals surface area contributed by atoms with E-state index in [4.69, 9.17) is 5.73 Å². The quantitative estimate of drug-likeness (QED) is 0.625. The minimum Gasteiger partial charge on any atom is -0.397 e. The highest BCUT2D eigenvalue weighted by molar-refractivity contribution is 5.90. The van der Waals surface area contributed by atoms with Crippen molar-refractivity contribution in [1.29, 1.82) is 0 Å². The average Bonchev–Trinajstić information content (AvgIpc) is 2.29. The summed E-state index contributed by atoms with van der Waals surface area (Å²) in [7, 11) is 1.92. The lowest BCUT2D eigenvalue weighted by Crippen LogP contribution is -1.90. The number of nitrogens with two attached hydrogens (primary N) is 1. The van der Waals surface area contributed by atoms with Gasteiger partial charge in [-0.3, -0.25) is 0 Å². The van der Waals surface area contributed by atoms with Crippen molar-refractivity contribution in [2.75, 3.05) is 5.73 Å². The SMILES string of the molecule is Cc1ncnc2c1c(N)cn2C. The van der Waals surface area contributed by atoms with Crippen LogP contribution in [-0.4, -0.2) is 14.5 Å². The van der Waals surface area contributed by atoms with Gasteiger partial charge in [-0.2, -0.15) is 0 Å². The Morgan fingerprint density at radius 3 is 2.83 bits per heavy atom. The molecule has 0 fully saturated rings. The van der Waals surface area contributed by atoms with Crippen LogP contribution in [0.5, 0.6) is 0 Å². The molecule has 0 aliphatic heterocycles. The molecule has 0 saturated heterocycles. The molecule has 4 nitrogen and oxygen atoms in total. The fraction of sp³-hybridized carbons (Fsp3) is 0.250. The molecule has 0 aromatic carbocycles. The zero-order valence-corrected chi connectivity index (χ0v) is 7.07. The summed E-state index contributed by atoms with van der Waals surface area (Å²) in [5, 5.41) is 0.958. The van der Waals surface area contributed by atoms with E-state index in [1.165, 1.54) is 0 Å². The standard InChI is InChI=1S/C8H10N4/c1-5-7-6(9)3-12(2)8(7)11-4-10-5/h3-4H,9H2,1-2H3. The number of anilines is 1. The number of hydrogen-bond donors (Lipinski definition) is 1. The van der Waals surface area contributed by atoms with E-state index < -0.39 is 0 Å². The molecule has 0 atom stereocenters. The van der Waals surface area contributed by atoms with Crippen molar-refractivity contribution in [2.45, 2.75) is 6.92 Å². The maximum Gasteiger partial charge on any atom is 0.145 e. The van der Waals surface area contributed by atoms with Crippen LogP contribution in [0.2, 0.25) is 0 Å². The molecule has 0 radical (unpaired) electrons. The van der Waals surface area contributed by atoms with Gasteiger partial charge in [0.25, 0.3) is 0 Å². The highest BCUT2D eigenvalue weighted by atomic mass is 15.0. The lowest BCUT2D eigenvalue weighted by Gasteiger charge is -1.95. The Balaban J connectivity index is 2.99. The molecule has 2 N–H and O–H groups in total. The molecule has 0 unspecified atom stereocenters. The number of aryl methyl sites for hydroxylation is 2. The largest absolute Gasteiger partial charge is 0.397 e. The van der Waals surface area contributed by atoms with Crippen LogP contribution in [0.25, 0.3) is 11.0 Å². The maximum absolute atomic E-state index is 5.78. The normalized spacial score (nSPS) is 10.8. The molecule has 0 bridgehead atoms. The second-order valence-electron chi connectivity index (χ2n) is 2.85. The van der Waals surface area contributed by atoms with Crippen LogP contribution in [0.15, 0.2) is 12.5 Å². The summed E-state index contributed by atoms with van der Waals surface area (Å²) in [5.41, 5.74) is 8.34. The van der Waals surface area contributed by atoms with Gasteiger partial charge in [0.1, 0.15) is 12.0 Å². The van der Waals surface area contributed by atoms with Gasteiger partial charge in [-0.1, -0.05) is 0 Å². The fourth-order valence-corrected chi connectivity index (χ4v) is 1.40. The van der Waals surface area contributed by atoms with Gasteiger partial charge in [0.15, 0.2) is 0 Å². The zero-order valence-electron chi connectivity index (χ0n) is 7.07. The molecule has 2 rings (SSSR count). The molecular weight excluding hydrogens is 152 g/mol. The minimum absolute atomic E-state index is 0.741. The van der Waals surface area contributed by atoms with Gasteiger partial charge >= 0.3 is 0 Å². The van der Waals surface area contributed by atoms with Crippen molar-refractivity contribution in [3.8, 4) is 0 Å². The van der Waals surface area contributed by atoms with Crippen LogP contribution in [0.1, 0.15) is 5.69 Å². The van der Waals surface area contributed by atoms with Gasteiger partial charge < -0.3 is 10.3 Å². The summed E-state index contributed by atoms with van der Waals surface area (Å²) < 4.78 is 1.90. The van der Waals surface area contributed by atoms with Crippen molar-refractivity contribution >= 4 is 16.7 Å². The monoisotopic (exact) mass is 162 g/mol. The van der Waals surface area contributed by atoms with Gasteiger partial charge in [0.05, 0.1) is 16.8 Å². The molecule has 2 aromatic rings. The van der Waals surface area contributed by atoms with E-state index in [0.29, 0.717) is 0 Å². The van der Waals surface area contributed by atoms with Crippen LogP contribution < -0.4 is 5.73 Å². The van der Waals surface area contributed by atoms with Gasteiger partial charge in [-0.25, -0.2) is 9.97 Å². The second-order valence-corrected chi connectivity index (χ2v) is 2.85. The van der Waals surface area contributed by atoms with Crippen molar-refractivity contribution in [3.63, 3.8) is 0 Å². The molecule has 2 heterocycles. The maximum atomic E-state index is 5.78. The van der Waals surface area contributed by atoms with Crippen molar-refractivity contribution in [1.82, 2.24) is 14.5 Å². The number of fused-ring (bicyclic) bond motifs is 1. The van der Waals surface area contributed by atoms with E-state index in [-0.39, 0.29) is 0 Å². The Hall–Kier alpha value is -1.58. The molecule has 12 heavy (non-hydrogen) atoms. The van der Waals surface area contributed by atoms with E-state index in [2.05, 4.69) is 9.97 Å². The number of aromatic nitrogens is 3. The number of hydrogen-bond acceptors (Lipinski definition) is 3. The molecule has 2 aromatic heterocycles. The van der Waals surface area contributed by atoms with Gasteiger partial charge in [-0.05, 0) is 6.92 Å². The van der Waals surface area contributed by atoms with E-state index in [9.17, 15) is 0 Å². The van der Waals surface area contributed by atoms with E-state index in [1.807, 2.05) is 24.7 Å². The topological polar surface area (TPSA) is 56.7 Å². The molecule has 0 aliphatic carbocycles. The lowest BCUT2D eigenvalue weighted by molar-refractivity contribution is 0.942. The fourth-order valence-electron chi connectivity index (χ4n) is 1.40. The molecule has 0 saturated carbocycles. The first-order valence-electron chi connectivity index (χ1n) is 3.72. The third kappa shape index (κ3) is 0.777. The van der Waals surface area contributed by atoms with Crippen LogP contribution in [0, 0.1) is 6.92 Å². The molecule has 62 valence electrons. The smallest absolute Gasteiger partial charge is 0.145 e. The number of nitrogens with zero attached hydrogens (tertiary/aromatic N) is 3. The molecular formula is C8H10N4. The molecule has 0 aliphatic rings. The Bertz CT molecular complexity index is 430. The third-order valence-electron chi connectivity index (χ3n) is 1.97. The summed E-state index contributed by atoms with van der Waals surface area (Å²) in [4.78, 5) is 8.21. The summed E-state index contributed by atoms with van der Waals surface area (Å²) in [5.74, 6) is 0. The van der Waals surface area contributed by atoms with Crippen LogP contribution in [0.3, 0.4) is 0 Å². The zero-order chi connectivity index (χ0) is 8.72. The van der Waals surface area contributed by atoms with Gasteiger partial charge in [0, 0.05) is 13.2 Å². The Morgan fingerprint density at radius 2 is 2.17 bits per heavy atom. The first-order chi connectivity index (χ1) is 5.70. The summed E-state index contributed by atoms with van der Waals surface area (Å²) in [6, 6.07) is 0. The summed E-state index contributed by atoms with van der Waals surface area (Å²) in [6.45, 7) is 1.93. The molecule has 0 amide bonds. The van der Waals surface area contributed by atoms with Crippen molar-refractivity contribution in [2.24, 2.45) is 7.05 Å². The summed E-state index contributed by atoms with van der Waals surface area (Å²) >= 11 is 0. The highest BCUT2D eigenvalue weighted by Gasteiger charge is 2.06. The van der Waals surface area contributed by atoms with Crippen LogP contribution in [-0.2, 0) is 7.05 Å². The third-order valence-corrected chi connectivity index (χ3v) is 1.97. The average molecular weight is 162 g/mol. The van der Waals surface area contributed by atoms with E-state index in [0.717, 1.165) is 22.4 Å². The first kappa shape index (κ1) is 7.09. The van der Waals surface area contributed by atoms with E-state index in [1.54, 1.807) is 6.33 Å². The number of nitrogen functional groups attached to an aromatic ring is 1. The van der Waals surface area contributed by atoms with E-state index >= 15 is 0 Å². The minimum atomic E-state index is 0.741. The van der Waals surface area contributed by atoms with Gasteiger partial charge in [0.2, 0.25) is 0 Å². The van der Waals surface area contributed by atoms with Crippen molar-refractivity contribution in [3.05, 3.63) is 18.2 Å². The predicted octanol–water partition coefficient (Wildman–Crippen LogP) is 0.859. The van der Waals surface area contributed by atoms with Crippen molar-refractivity contribution < 1.29 is 0 Å². The first-order valence-corrected chi connectivity index (χ1v) is 3.72. The van der Waals surface area contributed by atoms with Crippen LogP contribution >= 0.6 is 0 Å². The second kappa shape index (κ2) is 2.20.